The van der Waals surface area contributed by atoms with E-state index in [4.69, 9.17) is 16.3 Å². The molecule has 0 unspecified atom stereocenters. The first-order chi connectivity index (χ1) is 15.4. The maximum atomic E-state index is 13.0. The number of nitrogens with one attached hydrogen (secondary N) is 4. The largest absolute Gasteiger partial charge is 0.465 e. The van der Waals surface area contributed by atoms with Crippen LogP contribution in [0.25, 0.3) is 11.1 Å². The number of carbonyl (C=O) groups is 2. The number of ether oxygens (including phenoxy) is 1. The van der Waals surface area contributed by atoms with E-state index < -0.39 is 18.1 Å². The van der Waals surface area contributed by atoms with Crippen LogP contribution in [0.1, 0.15) is 19.4 Å². The summed E-state index contributed by atoms with van der Waals surface area (Å²) in [6.07, 6.45) is 0.364. The SMILES string of the molecule is CCOC(=O)[C@H](C)N[C@H](Cc1ccc(-c2cccc(Cl)c2)cc1)C(=O)NC1=NNNN1C. The first-order valence-electron chi connectivity index (χ1n) is 10.3. The molecule has 32 heavy (non-hydrogen) atoms. The fourth-order valence-corrected chi connectivity index (χ4v) is 3.38. The number of halogens is 1. The molecule has 0 aliphatic carbocycles. The smallest absolute Gasteiger partial charge is 0.322 e. The van der Waals surface area contributed by atoms with Crippen molar-refractivity contribution in [2.75, 3.05) is 13.7 Å². The van der Waals surface area contributed by atoms with Gasteiger partial charge in [-0.2, -0.15) is 0 Å². The van der Waals surface area contributed by atoms with E-state index in [1.54, 1.807) is 20.9 Å². The Morgan fingerprint density at radius 3 is 2.56 bits per heavy atom. The van der Waals surface area contributed by atoms with Gasteiger partial charge in [0.05, 0.1) is 12.6 Å². The number of amides is 1. The van der Waals surface area contributed by atoms with Crippen LogP contribution in [0.3, 0.4) is 0 Å². The number of hydrogen-bond acceptors (Lipinski definition) is 8. The molecular formula is C22H27ClN6O3. The van der Waals surface area contributed by atoms with Crippen LogP contribution in [0.4, 0.5) is 0 Å². The van der Waals surface area contributed by atoms with E-state index in [0.717, 1.165) is 16.7 Å². The Morgan fingerprint density at radius 1 is 1.19 bits per heavy atom. The minimum atomic E-state index is -0.692. The van der Waals surface area contributed by atoms with Gasteiger partial charge in [-0.05, 0) is 49.1 Å². The van der Waals surface area contributed by atoms with Crippen LogP contribution in [0, 0.1) is 0 Å². The zero-order valence-electron chi connectivity index (χ0n) is 18.2. The summed E-state index contributed by atoms with van der Waals surface area (Å²) in [6, 6.07) is 14.1. The van der Waals surface area contributed by atoms with E-state index in [-0.39, 0.29) is 12.5 Å². The van der Waals surface area contributed by atoms with E-state index in [1.165, 1.54) is 5.01 Å². The molecule has 1 amide bonds. The summed E-state index contributed by atoms with van der Waals surface area (Å²) >= 11 is 6.09. The second kappa shape index (κ2) is 10.9. The summed E-state index contributed by atoms with van der Waals surface area (Å²) in [5, 5.41) is 12.0. The molecule has 0 spiro atoms. The maximum absolute atomic E-state index is 13.0. The van der Waals surface area contributed by atoms with Crippen LogP contribution in [-0.2, 0) is 20.7 Å². The molecule has 0 aromatic heterocycles. The van der Waals surface area contributed by atoms with Crippen LogP contribution in [0.15, 0.2) is 53.6 Å². The summed E-state index contributed by atoms with van der Waals surface area (Å²) in [6.45, 7) is 3.68. The number of nitrogens with zero attached hydrogens (tertiary/aromatic N) is 2. The van der Waals surface area contributed by atoms with Crippen LogP contribution in [0.2, 0.25) is 5.02 Å². The van der Waals surface area contributed by atoms with Crippen molar-refractivity contribution >= 4 is 29.4 Å². The minimum absolute atomic E-state index is 0.269. The third-order valence-electron chi connectivity index (χ3n) is 4.89. The van der Waals surface area contributed by atoms with Gasteiger partial charge in [-0.25, -0.2) is 5.53 Å². The summed E-state index contributed by atoms with van der Waals surface area (Å²) in [5.41, 5.74) is 8.24. The molecule has 0 bridgehead atoms. The molecule has 1 aliphatic rings. The van der Waals surface area contributed by atoms with Crippen molar-refractivity contribution in [1.29, 1.82) is 0 Å². The highest BCUT2D eigenvalue weighted by Gasteiger charge is 2.27. The third-order valence-corrected chi connectivity index (χ3v) is 5.13. The third kappa shape index (κ3) is 6.19. The van der Waals surface area contributed by atoms with E-state index in [2.05, 4.69) is 26.8 Å². The maximum Gasteiger partial charge on any atom is 0.322 e. The average Bonchev–Trinajstić information content (AvgIpc) is 3.18. The molecule has 1 aliphatic heterocycles. The van der Waals surface area contributed by atoms with Gasteiger partial charge in [0.15, 0.2) is 0 Å². The van der Waals surface area contributed by atoms with Crippen molar-refractivity contribution < 1.29 is 14.3 Å². The fourth-order valence-electron chi connectivity index (χ4n) is 3.19. The first-order valence-corrected chi connectivity index (χ1v) is 10.7. The summed E-state index contributed by atoms with van der Waals surface area (Å²) in [5.74, 6) is -0.418. The standard InChI is InChI=1S/C22H27ClN6O3/c1-4-32-21(31)14(2)24-19(20(30)25-22-26-27-28-29(22)3)12-15-8-10-16(11-9-15)17-6-5-7-18(23)13-17/h5-11,13-14,19,24,27-28H,4,12H2,1-3H3,(H,25,26,30)/t14-,19+/m0/s1. The van der Waals surface area contributed by atoms with Crippen molar-refractivity contribution in [3.63, 3.8) is 0 Å². The van der Waals surface area contributed by atoms with E-state index in [1.807, 2.05) is 48.5 Å². The van der Waals surface area contributed by atoms with Gasteiger partial charge in [-0.3, -0.25) is 25.2 Å². The predicted molar refractivity (Wildman–Crippen MR) is 123 cm³/mol. The molecule has 0 saturated carbocycles. The highest BCUT2D eigenvalue weighted by molar-refractivity contribution is 6.30. The first kappa shape index (κ1) is 23.5. The minimum Gasteiger partial charge on any atom is -0.465 e. The van der Waals surface area contributed by atoms with E-state index >= 15 is 0 Å². The van der Waals surface area contributed by atoms with Crippen molar-refractivity contribution in [3.05, 3.63) is 59.1 Å². The van der Waals surface area contributed by atoms with Crippen LogP contribution in [-0.4, -0.2) is 48.6 Å². The van der Waals surface area contributed by atoms with Crippen LogP contribution in [0.5, 0.6) is 0 Å². The lowest BCUT2D eigenvalue weighted by Crippen LogP contribution is -2.54. The Balaban J connectivity index is 1.74. The van der Waals surface area contributed by atoms with Gasteiger partial charge >= 0.3 is 5.97 Å². The lowest BCUT2D eigenvalue weighted by molar-refractivity contribution is -0.145. The number of guanidine groups is 1. The Bertz CT molecular complexity index is 982. The topological polar surface area (TPSA) is 107 Å². The van der Waals surface area contributed by atoms with Gasteiger partial charge in [0.2, 0.25) is 11.9 Å². The highest BCUT2D eigenvalue weighted by atomic mass is 35.5. The summed E-state index contributed by atoms with van der Waals surface area (Å²) in [4.78, 5) is 25.1. The predicted octanol–water partition coefficient (Wildman–Crippen LogP) is 1.80. The quantitative estimate of drug-likeness (QED) is 0.447. The normalized spacial score (nSPS) is 14.9. The zero-order valence-corrected chi connectivity index (χ0v) is 18.9. The highest BCUT2D eigenvalue weighted by Crippen LogP contribution is 2.23. The Hall–Kier alpha value is -3.14. The molecule has 1 heterocycles. The second-order valence-corrected chi connectivity index (χ2v) is 7.75. The number of hydrogen-bond donors (Lipinski definition) is 4. The lowest BCUT2D eigenvalue weighted by atomic mass is 10.00. The fraction of sp³-hybridized carbons (Fsp3) is 0.318. The number of hydrazone groups is 1. The Labute approximate surface area is 192 Å². The van der Waals surface area contributed by atoms with Crippen molar-refractivity contribution in [2.45, 2.75) is 32.4 Å². The Kier molecular flexibility index (Phi) is 8.04. The number of rotatable bonds is 8. The number of carbonyl (C=O) groups excluding carboxylic acids is 2. The van der Waals surface area contributed by atoms with Gasteiger partial charge in [0, 0.05) is 12.1 Å². The van der Waals surface area contributed by atoms with E-state index in [9.17, 15) is 9.59 Å². The molecule has 0 saturated heterocycles. The second-order valence-electron chi connectivity index (χ2n) is 7.31. The molecule has 2 atom stereocenters. The van der Waals surface area contributed by atoms with Crippen LogP contribution >= 0.6 is 11.6 Å². The number of benzene rings is 2. The molecule has 170 valence electrons. The van der Waals surface area contributed by atoms with Gasteiger partial charge < -0.3 is 4.74 Å². The van der Waals surface area contributed by atoms with Crippen molar-refractivity contribution in [1.82, 2.24) is 26.7 Å². The molecule has 0 radical (unpaired) electrons. The van der Waals surface area contributed by atoms with Crippen LogP contribution < -0.4 is 21.7 Å². The summed E-state index contributed by atoms with van der Waals surface area (Å²) < 4.78 is 5.06. The van der Waals surface area contributed by atoms with Gasteiger partial charge in [-0.15, -0.1) is 10.6 Å². The van der Waals surface area contributed by atoms with Gasteiger partial charge in [0.1, 0.15) is 6.04 Å². The molecule has 4 N–H and O–H groups in total. The monoisotopic (exact) mass is 458 g/mol. The average molecular weight is 459 g/mol. The van der Waals surface area contributed by atoms with Crippen molar-refractivity contribution in [3.8, 4) is 11.1 Å². The van der Waals surface area contributed by atoms with Crippen molar-refractivity contribution in [2.24, 2.45) is 5.10 Å². The van der Waals surface area contributed by atoms with Gasteiger partial charge in [0.25, 0.3) is 0 Å². The summed E-state index contributed by atoms with van der Waals surface area (Å²) in [7, 11) is 1.71. The molecule has 9 nitrogen and oxygen atoms in total. The lowest BCUT2D eigenvalue weighted by Gasteiger charge is -2.23. The Morgan fingerprint density at radius 2 is 1.94 bits per heavy atom. The molecule has 0 fully saturated rings. The number of hydrazine groups is 2. The molecular weight excluding hydrogens is 432 g/mol. The molecule has 2 aromatic carbocycles. The van der Waals surface area contributed by atoms with Gasteiger partial charge in [-0.1, -0.05) is 48.0 Å². The number of esters is 1. The molecule has 2 aromatic rings. The van der Waals surface area contributed by atoms with E-state index in [0.29, 0.717) is 17.4 Å². The zero-order chi connectivity index (χ0) is 23.1. The molecule has 10 heteroatoms. The molecule has 3 rings (SSSR count).